The molecular weight excluding hydrogens is 368 g/mol. The van der Waals surface area contributed by atoms with E-state index in [4.69, 9.17) is 0 Å². The standard InChI is InChI=1S/C15H15BrN2O3S/c1-11-4-2-3-5-14(11)18-15(19)10-17-22(20,21)13-8-6-12(16)7-9-13/h2-9,17H,10H2,1H3,(H,18,19). The van der Waals surface area contributed by atoms with Crippen molar-refractivity contribution in [1.82, 2.24) is 4.72 Å². The lowest BCUT2D eigenvalue weighted by molar-refractivity contribution is -0.115. The zero-order valence-electron chi connectivity index (χ0n) is 11.8. The van der Waals surface area contributed by atoms with E-state index in [9.17, 15) is 13.2 Å². The van der Waals surface area contributed by atoms with Gasteiger partial charge in [-0.05, 0) is 42.8 Å². The van der Waals surface area contributed by atoms with Crippen LogP contribution in [0.5, 0.6) is 0 Å². The number of hydrogen-bond donors (Lipinski definition) is 2. The lowest BCUT2D eigenvalue weighted by Crippen LogP contribution is -2.33. The fourth-order valence-corrected chi connectivity index (χ4v) is 3.01. The molecule has 0 aliphatic carbocycles. The Kier molecular flexibility index (Phi) is 5.33. The SMILES string of the molecule is Cc1ccccc1NC(=O)CNS(=O)(=O)c1ccc(Br)cc1. The molecule has 0 aromatic heterocycles. The molecule has 0 bridgehead atoms. The minimum absolute atomic E-state index is 0.111. The molecule has 22 heavy (non-hydrogen) atoms. The van der Waals surface area contributed by atoms with E-state index in [1.165, 1.54) is 12.1 Å². The van der Waals surface area contributed by atoms with Crippen LogP contribution in [0.2, 0.25) is 0 Å². The van der Waals surface area contributed by atoms with Gasteiger partial charge in [0.05, 0.1) is 11.4 Å². The molecule has 2 N–H and O–H groups in total. The molecule has 5 nitrogen and oxygen atoms in total. The van der Waals surface area contributed by atoms with Gasteiger partial charge in [-0.3, -0.25) is 4.79 Å². The van der Waals surface area contributed by atoms with Gasteiger partial charge in [0.2, 0.25) is 15.9 Å². The number of sulfonamides is 1. The minimum Gasteiger partial charge on any atom is -0.325 e. The fourth-order valence-electron chi connectivity index (χ4n) is 1.77. The van der Waals surface area contributed by atoms with Crippen molar-refractivity contribution in [3.63, 3.8) is 0 Å². The Hall–Kier alpha value is -1.70. The van der Waals surface area contributed by atoms with Gasteiger partial charge < -0.3 is 5.32 Å². The zero-order chi connectivity index (χ0) is 16.2. The van der Waals surface area contributed by atoms with E-state index in [0.29, 0.717) is 5.69 Å². The van der Waals surface area contributed by atoms with Crippen LogP contribution in [0, 0.1) is 6.92 Å². The van der Waals surface area contributed by atoms with E-state index in [-0.39, 0.29) is 11.4 Å². The molecule has 0 unspecified atom stereocenters. The van der Waals surface area contributed by atoms with Crippen LogP contribution in [0.15, 0.2) is 57.9 Å². The predicted molar refractivity (Wildman–Crippen MR) is 89.1 cm³/mol. The van der Waals surface area contributed by atoms with Gasteiger partial charge in [-0.2, -0.15) is 0 Å². The second-order valence-electron chi connectivity index (χ2n) is 4.64. The van der Waals surface area contributed by atoms with Crippen LogP contribution in [-0.2, 0) is 14.8 Å². The number of nitrogens with one attached hydrogen (secondary N) is 2. The van der Waals surface area contributed by atoms with Crippen molar-refractivity contribution in [2.45, 2.75) is 11.8 Å². The summed E-state index contributed by atoms with van der Waals surface area (Å²) in [5, 5.41) is 2.67. The van der Waals surface area contributed by atoms with Crippen LogP contribution < -0.4 is 10.0 Å². The molecule has 0 atom stereocenters. The molecule has 2 aromatic carbocycles. The number of rotatable bonds is 5. The molecule has 2 rings (SSSR count). The molecule has 0 aliphatic heterocycles. The third-order valence-electron chi connectivity index (χ3n) is 2.97. The monoisotopic (exact) mass is 382 g/mol. The Morgan fingerprint density at radius 1 is 1.09 bits per heavy atom. The van der Waals surface area contributed by atoms with E-state index < -0.39 is 15.9 Å². The number of benzene rings is 2. The number of halogens is 1. The molecular formula is C15H15BrN2O3S. The summed E-state index contributed by atoms with van der Waals surface area (Å²) >= 11 is 3.24. The molecule has 0 aliphatic rings. The van der Waals surface area contributed by atoms with Crippen molar-refractivity contribution in [2.75, 3.05) is 11.9 Å². The van der Waals surface area contributed by atoms with E-state index >= 15 is 0 Å². The zero-order valence-corrected chi connectivity index (χ0v) is 14.2. The molecule has 0 radical (unpaired) electrons. The molecule has 0 fully saturated rings. The molecule has 116 valence electrons. The second kappa shape index (κ2) is 7.04. The van der Waals surface area contributed by atoms with E-state index in [1.807, 2.05) is 19.1 Å². The van der Waals surface area contributed by atoms with Crippen molar-refractivity contribution in [3.8, 4) is 0 Å². The first-order valence-corrected chi connectivity index (χ1v) is 8.77. The Morgan fingerprint density at radius 3 is 2.36 bits per heavy atom. The summed E-state index contributed by atoms with van der Waals surface area (Å²) in [7, 11) is -3.71. The fraction of sp³-hybridized carbons (Fsp3) is 0.133. The van der Waals surface area contributed by atoms with Crippen LogP contribution in [0.4, 0.5) is 5.69 Å². The summed E-state index contributed by atoms with van der Waals surface area (Å²) in [6.45, 7) is 1.54. The van der Waals surface area contributed by atoms with Crippen LogP contribution in [0.3, 0.4) is 0 Å². The molecule has 0 spiro atoms. The quantitative estimate of drug-likeness (QED) is 0.834. The van der Waals surface area contributed by atoms with E-state index in [2.05, 4.69) is 26.0 Å². The Balaban J connectivity index is 1.98. The number of para-hydroxylation sites is 1. The van der Waals surface area contributed by atoms with Gasteiger partial charge in [-0.15, -0.1) is 0 Å². The maximum absolute atomic E-state index is 12.1. The van der Waals surface area contributed by atoms with Gasteiger partial charge in [-0.1, -0.05) is 34.1 Å². The summed E-state index contributed by atoms with van der Waals surface area (Å²) in [4.78, 5) is 12.0. The number of hydrogen-bond acceptors (Lipinski definition) is 3. The van der Waals surface area contributed by atoms with E-state index in [1.54, 1.807) is 24.3 Å². The van der Waals surface area contributed by atoms with Crippen molar-refractivity contribution in [2.24, 2.45) is 0 Å². The van der Waals surface area contributed by atoms with Gasteiger partial charge in [0, 0.05) is 10.2 Å². The highest BCUT2D eigenvalue weighted by molar-refractivity contribution is 9.10. The summed E-state index contributed by atoms with van der Waals surface area (Å²) in [5.41, 5.74) is 1.57. The first kappa shape index (κ1) is 16.7. The molecule has 0 heterocycles. The Bertz CT molecular complexity index is 774. The van der Waals surface area contributed by atoms with Gasteiger partial charge in [-0.25, -0.2) is 13.1 Å². The van der Waals surface area contributed by atoms with Gasteiger partial charge in [0.1, 0.15) is 0 Å². The molecule has 7 heteroatoms. The molecule has 1 amide bonds. The third-order valence-corrected chi connectivity index (χ3v) is 4.91. The smallest absolute Gasteiger partial charge is 0.241 e. The minimum atomic E-state index is -3.71. The van der Waals surface area contributed by atoms with Crippen molar-refractivity contribution < 1.29 is 13.2 Å². The topological polar surface area (TPSA) is 75.3 Å². The van der Waals surface area contributed by atoms with Crippen LogP contribution >= 0.6 is 15.9 Å². The largest absolute Gasteiger partial charge is 0.325 e. The normalized spacial score (nSPS) is 11.2. The highest BCUT2D eigenvalue weighted by Crippen LogP contribution is 2.15. The summed E-state index contributed by atoms with van der Waals surface area (Å²) < 4.78 is 27.2. The average Bonchev–Trinajstić information content (AvgIpc) is 2.48. The van der Waals surface area contributed by atoms with Gasteiger partial charge >= 0.3 is 0 Å². The van der Waals surface area contributed by atoms with Gasteiger partial charge in [0.25, 0.3) is 0 Å². The predicted octanol–water partition coefficient (Wildman–Crippen LogP) is 2.67. The average molecular weight is 383 g/mol. The maximum atomic E-state index is 12.1. The maximum Gasteiger partial charge on any atom is 0.241 e. The van der Waals surface area contributed by atoms with Crippen molar-refractivity contribution >= 4 is 37.5 Å². The summed E-state index contributed by atoms with van der Waals surface area (Å²) in [5.74, 6) is -0.421. The van der Waals surface area contributed by atoms with E-state index in [0.717, 1.165) is 10.0 Å². The Morgan fingerprint density at radius 2 is 1.73 bits per heavy atom. The number of anilines is 1. The van der Waals surface area contributed by atoms with Gasteiger partial charge in [0.15, 0.2) is 0 Å². The highest BCUT2D eigenvalue weighted by Gasteiger charge is 2.15. The molecule has 0 saturated heterocycles. The van der Waals surface area contributed by atoms with Crippen molar-refractivity contribution in [1.29, 1.82) is 0 Å². The third kappa shape index (κ3) is 4.40. The number of amides is 1. The van der Waals surface area contributed by atoms with Crippen LogP contribution in [0.25, 0.3) is 0 Å². The summed E-state index contributed by atoms with van der Waals surface area (Å²) in [6.07, 6.45) is 0. The van der Waals surface area contributed by atoms with Crippen LogP contribution in [0.1, 0.15) is 5.56 Å². The lowest BCUT2D eigenvalue weighted by atomic mass is 10.2. The number of aryl methyl sites for hydroxylation is 1. The first-order chi connectivity index (χ1) is 10.4. The lowest BCUT2D eigenvalue weighted by Gasteiger charge is -2.09. The number of carbonyl (C=O) groups is 1. The second-order valence-corrected chi connectivity index (χ2v) is 7.32. The van der Waals surface area contributed by atoms with Crippen LogP contribution in [-0.4, -0.2) is 20.9 Å². The molecule has 2 aromatic rings. The highest BCUT2D eigenvalue weighted by atomic mass is 79.9. The summed E-state index contributed by atoms with van der Waals surface area (Å²) in [6, 6.07) is 13.5. The van der Waals surface area contributed by atoms with Crippen molar-refractivity contribution in [3.05, 3.63) is 58.6 Å². The number of carbonyl (C=O) groups excluding carboxylic acids is 1. The molecule has 0 saturated carbocycles. The first-order valence-electron chi connectivity index (χ1n) is 6.49. The Labute approximate surface area is 137 Å².